The molecule has 0 aromatic carbocycles. The third kappa shape index (κ3) is 3.31. The van der Waals surface area contributed by atoms with Crippen LogP contribution in [0.25, 0.3) is 11.3 Å². The van der Waals surface area contributed by atoms with Gasteiger partial charge in [-0.25, -0.2) is 18.4 Å². The van der Waals surface area contributed by atoms with Gasteiger partial charge in [-0.15, -0.1) is 0 Å². The van der Waals surface area contributed by atoms with Gasteiger partial charge in [0.1, 0.15) is 6.33 Å². The molecule has 6 nitrogen and oxygen atoms in total. The molecular formula is C11H11N3O3S. The van der Waals surface area contributed by atoms with E-state index in [1.807, 2.05) is 13.0 Å². The number of nitrogens with zero attached hydrogens (tertiary/aromatic N) is 3. The Morgan fingerprint density at radius 2 is 1.94 bits per heavy atom. The molecule has 0 saturated heterocycles. The highest BCUT2D eigenvalue weighted by Crippen LogP contribution is 2.14. The maximum absolute atomic E-state index is 10.6. The molecule has 0 atom stereocenters. The van der Waals surface area contributed by atoms with Gasteiger partial charge < -0.3 is 4.55 Å². The SMILES string of the molecule is Cc1cc(-c2cc[n+](CS(=O)(=O)[O-])cc2)ncn1. The fraction of sp³-hybridized carbons (Fsp3) is 0.182. The van der Waals surface area contributed by atoms with Crippen LogP contribution < -0.4 is 4.57 Å². The van der Waals surface area contributed by atoms with E-state index < -0.39 is 16.0 Å². The van der Waals surface area contributed by atoms with Crippen LogP contribution in [0.1, 0.15) is 5.69 Å². The van der Waals surface area contributed by atoms with E-state index in [0.717, 1.165) is 17.0 Å². The fourth-order valence-corrected chi connectivity index (χ4v) is 2.05. The maximum atomic E-state index is 10.6. The average Bonchev–Trinajstić information content (AvgIpc) is 2.28. The van der Waals surface area contributed by atoms with Crippen molar-refractivity contribution in [2.75, 3.05) is 0 Å². The molecule has 94 valence electrons. The molecule has 0 fully saturated rings. The van der Waals surface area contributed by atoms with Crippen molar-refractivity contribution in [1.29, 1.82) is 0 Å². The van der Waals surface area contributed by atoms with Crippen molar-refractivity contribution in [1.82, 2.24) is 9.97 Å². The van der Waals surface area contributed by atoms with Crippen LogP contribution in [-0.4, -0.2) is 22.9 Å². The molecule has 0 unspecified atom stereocenters. The Labute approximate surface area is 105 Å². The molecule has 0 amide bonds. The summed E-state index contributed by atoms with van der Waals surface area (Å²) in [6.07, 6.45) is 4.53. The van der Waals surface area contributed by atoms with E-state index in [-0.39, 0.29) is 0 Å². The highest BCUT2D eigenvalue weighted by atomic mass is 32.2. The topological polar surface area (TPSA) is 86.9 Å². The zero-order chi connectivity index (χ0) is 13.2. The Morgan fingerprint density at radius 3 is 2.50 bits per heavy atom. The summed E-state index contributed by atoms with van der Waals surface area (Å²) >= 11 is 0. The molecule has 2 aromatic heterocycles. The summed E-state index contributed by atoms with van der Waals surface area (Å²) in [5, 5.41) is 0. The number of aromatic nitrogens is 3. The Morgan fingerprint density at radius 1 is 1.28 bits per heavy atom. The van der Waals surface area contributed by atoms with Crippen molar-refractivity contribution < 1.29 is 17.5 Å². The Balaban J connectivity index is 2.28. The predicted octanol–water partition coefficient (Wildman–Crippen LogP) is 0.242. The molecule has 0 saturated carbocycles. The van der Waals surface area contributed by atoms with Gasteiger partial charge in [-0.05, 0) is 13.0 Å². The zero-order valence-corrected chi connectivity index (χ0v) is 10.5. The van der Waals surface area contributed by atoms with Crippen molar-refractivity contribution in [2.24, 2.45) is 0 Å². The minimum atomic E-state index is -4.27. The predicted molar refractivity (Wildman–Crippen MR) is 62.1 cm³/mol. The first-order valence-corrected chi connectivity index (χ1v) is 6.73. The van der Waals surface area contributed by atoms with E-state index in [9.17, 15) is 13.0 Å². The van der Waals surface area contributed by atoms with Crippen LogP contribution in [0.5, 0.6) is 0 Å². The Hall–Kier alpha value is -1.86. The third-order valence-corrected chi connectivity index (χ3v) is 2.91. The second kappa shape index (κ2) is 4.79. The molecule has 0 aliphatic heterocycles. The van der Waals surface area contributed by atoms with Crippen LogP contribution in [0.2, 0.25) is 0 Å². The summed E-state index contributed by atoms with van der Waals surface area (Å²) < 4.78 is 33.1. The van der Waals surface area contributed by atoms with E-state index in [1.54, 1.807) is 12.1 Å². The lowest BCUT2D eigenvalue weighted by Crippen LogP contribution is -2.36. The summed E-state index contributed by atoms with van der Waals surface area (Å²) in [7, 11) is -4.27. The number of aryl methyl sites for hydroxylation is 1. The first-order valence-electron chi connectivity index (χ1n) is 5.16. The van der Waals surface area contributed by atoms with Gasteiger partial charge in [0.25, 0.3) is 0 Å². The van der Waals surface area contributed by atoms with Crippen LogP contribution in [-0.2, 0) is 16.0 Å². The highest BCUT2D eigenvalue weighted by Gasteiger charge is 2.07. The van der Waals surface area contributed by atoms with Gasteiger partial charge in [0.05, 0.1) is 5.69 Å². The smallest absolute Gasteiger partial charge is 0.236 e. The molecule has 18 heavy (non-hydrogen) atoms. The monoisotopic (exact) mass is 265 g/mol. The summed E-state index contributed by atoms with van der Waals surface area (Å²) in [6.45, 7) is 1.86. The molecule has 0 bridgehead atoms. The van der Waals surface area contributed by atoms with Crippen molar-refractivity contribution in [3.05, 3.63) is 42.6 Å². The van der Waals surface area contributed by atoms with Gasteiger partial charge in [-0.2, -0.15) is 4.57 Å². The Kier molecular flexibility index (Phi) is 3.35. The van der Waals surface area contributed by atoms with E-state index in [1.165, 1.54) is 23.3 Å². The normalized spacial score (nSPS) is 11.4. The number of rotatable bonds is 3. The van der Waals surface area contributed by atoms with Crippen molar-refractivity contribution >= 4 is 10.1 Å². The zero-order valence-electron chi connectivity index (χ0n) is 9.65. The number of hydrogen-bond acceptors (Lipinski definition) is 5. The van der Waals surface area contributed by atoms with Crippen LogP contribution in [0.4, 0.5) is 0 Å². The van der Waals surface area contributed by atoms with E-state index in [2.05, 4.69) is 9.97 Å². The molecule has 0 radical (unpaired) electrons. The molecule has 2 aromatic rings. The summed E-state index contributed by atoms with van der Waals surface area (Å²) in [5.41, 5.74) is 2.43. The lowest BCUT2D eigenvalue weighted by molar-refractivity contribution is -0.678. The van der Waals surface area contributed by atoms with Crippen LogP contribution >= 0.6 is 0 Å². The molecule has 0 aliphatic rings. The van der Waals surface area contributed by atoms with Gasteiger partial charge in [-0.1, -0.05) is 0 Å². The second-order valence-electron chi connectivity index (χ2n) is 3.83. The van der Waals surface area contributed by atoms with E-state index in [0.29, 0.717) is 0 Å². The van der Waals surface area contributed by atoms with Crippen LogP contribution in [0, 0.1) is 6.92 Å². The molecule has 2 heterocycles. The minimum Gasteiger partial charge on any atom is -0.743 e. The second-order valence-corrected chi connectivity index (χ2v) is 5.21. The van der Waals surface area contributed by atoms with Crippen molar-refractivity contribution in [3.8, 4) is 11.3 Å². The average molecular weight is 265 g/mol. The lowest BCUT2D eigenvalue weighted by Gasteiger charge is -2.03. The molecular weight excluding hydrogens is 254 g/mol. The van der Waals surface area contributed by atoms with Crippen molar-refractivity contribution in [2.45, 2.75) is 12.8 Å². The third-order valence-electron chi connectivity index (χ3n) is 2.30. The van der Waals surface area contributed by atoms with Gasteiger partial charge in [0.2, 0.25) is 5.88 Å². The van der Waals surface area contributed by atoms with E-state index in [4.69, 9.17) is 0 Å². The largest absolute Gasteiger partial charge is 0.743 e. The Bertz CT molecular complexity index is 653. The van der Waals surface area contributed by atoms with Crippen LogP contribution in [0.3, 0.4) is 0 Å². The summed E-state index contributed by atoms with van der Waals surface area (Å²) in [5.74, 6) is -0.573. The maximum Gasteiger partial charge on any atom is 0.236 e. The van der Waals surface area contributed by atoms with Gasteiger partial charge in [0.15, 0.2) is 22.5 Å². The number of hydrogen-bond donors (Lipinski definition) is 0. The number of pyridine rings is 1. The minimum absolute atomic E-state index is 0.573. The molecule has 0 spiro atoms. The standard InChI is InChI=1S/C11H11N3O3S/c1-9-6-11(13-7-12-9)10-2-4-14(5-3-10)8-18(15,16)17/h2-7H,8H2,1H3. The molecule has 0 N–H and O–H groups in total. The summed E-state index contributed by atoms with van der Waals surface area (Å²) in [4.78, 5) is 8.11. The highest BCUT2D eigenvalue weighted by molar-refractivity contribution is 7.84. The van der Waals surface area contributed by atoms with Gasteiger partial charge >= 0.3 is 0 Å². The first kappa shape index (κ1) is 12.6. The van der Waals surface area contributed by atoms with Crippen LogP contribution in [0.15, 0.2) is 36.9 Å². The van der Waals surface area contributed by atoms with Gasteiger partial charge in [-0.3, -0.25) is 0 Å². The fourth-order valence-electron chi connectivity index (χ4n) is 1.51. The molecule has 2 rings (SSSR count). The molecule has 0 aliphatic carbocycles. The quantitative estimate of drug-likeness (QED) is 0.586. The lowest BCUT2D eigenvalue weighted by atomic mass is 10.2. The van der Waals surface area contributed by atoms with E-state index >= 15 is 0 Å². The van der Waals surface area contributed by atoms with Gasteiger partial charge in [0, 0.05) is 23.4 Å². The summed E-state index contributed by atoms with van der Waals surface area (Å²) in [6, 6.07) is 5.23. The van der Waals surface area contributed by atoms with Crippen molar-refractivity contribution in [3.63, 3.8) is 0 Å². The first-order chi connectivity index (χ1) is 8.44. The molecule has 7 heteroatoms.